The summed E-state index contributed by atoms with van der Waals surface area (Å²) in [6.07, 6.45) is 3.91. The van der Waals surface area contributed by atoms with Gasteiger partial charge in [-0.05, 0) is 38.1 Å². The van der Waals surface area contributed by atoms with Crippen molar-refractivity contribution in [1.29, 1.82) is 0 Å². The number of nitrogens with zero attached hydrogens (tertiary/aromatic N) is 2. The van der Waals surface area contributed by atoms with E-state index < -0.39 is 0 Å². The molecular formula is C8H13N3OS. The van der Waals surface area contributed by atoms with Gasteiger partial charge in [-0.15, -0.1) is 5.10 Å². The normalized spacial score (nSPS) is 19.1. The Morgan fingerprint density at radius 1 is 1.38 bits per heavy atom. The number of hydrogen-bond acceptors (Lipinski definition) is 4. The van der Waals surface area contributed by atoms with Gasteiger partial charge in [-0.1, -0.05) is 6.42 Å². The largest absolute Gasteiger partial charge is 0.413 e. The Morgan fingerprint density at radius 3 is 2.77 bits per heavy atom. The van der Waals surface area contributed by atoms with Gasteiger partial charge in [0, 0.05) is 0 Å². The minimum absolute atomic E-state index is 0.368. The van der Waals surface area contributed by atoms with Crippen LogP contribution in [0.15, 0.2) is 4.42 Å². The summed E-state index contributed by atoms with van der Waals surface area (Å²) in [6, 6.07) is 0. The predicted octanol–water partition coefficient (Wildman–Crippen LogP) is 1.72. The van der Waals surface area contributed by atoms with Gasteiger partial charge in [0.1, 0.15) is 0 Å². The minimum atomic E-state index is 0.368. The second kappa shape index (κ2) is 4.02. The fourth-order valence-electron chi connectivity index (χ4n) is 1.64. The Hall–Kier alpha value is -0.680. The van der Waals surface area contributed by atoms with Gasteiger partial charge >= 0.3 is 0 Å². The number of rotatable bonds is 2. The molecule has 0 atom stereocenters. The van der Waals surface area contributed by atoms with Crippen LogP contribution in [0.3, 0.4) is 0 Å². The number of aromatic nitrogens is 2. The summed E-state index contributed by atoms with van der Waals surface area (Å²) >= 11 is 4.80. The third kappa shape index (κ3) is 2.38. The van der Waals surface area contributed by atoms with E-state index in [1.807, 2.05) is 0 Å². The second-order valence-corrected chi connectivity index (χ2v) is 3.71. The quantitative estimate of drug-likeness (QED) is 0.737. The molecule has 4 nitrogen and oxygen atoms in total. The van der Waals surface area contributed by atoms with E-state index in [-0.39, 0.29) is 0 Å². The maximum Gasteiger partial charge on any atom is 0.284 e. The summed E-state index contributed by atoms with van der Waals surface area (Å²) in [4.78, 5) is 2.71. The van der Waals surface area contributed by atoms with E-state index in [1.54, 1.807) is 0 Å². The van der Waals surface area contributed by atoms with Crippen molar-refractivity contribution in [2.45, 2.75) is 25.8 Å². The van der Waals surface area contributed by atoms with E-state index >= 15 is 0 Å². The lowest BCUT2D eigenvalue weighted by molar-refractivity contribution is 0.201. The highest BCUT2D eigenvalue weighted by Crippen LogP contribution is 2.11. The minimum Gasteiger partial charge on any atom is -0.413 e. The Labute approximate surface area is 81.9 Å². The van der Waals surface area contributed by atoms with Gasteiger partial charge in [0.2, 0.25) is 5.89 Å². The Bertz CT molecular complexity index is 313. The van der Waals surface area contributed by atoms with E-state index in [0.717, 1.165) is 19.6 Å². The summed E-state index contributed by atoms with van der Waals surface area (Å²) < 4.78 is 5.19. The summed E-state index contributed by atoms with van der Waals surface area (Å²) in [6.45, 7) is 3.08. The highest BCUT2D eigenvalue weighted by atomic mass is 32.1. The van der Waals surface area contributed by atoms with Crippen molar-refractivity contribution in [3.63, 3.8) is 0 Å². The maximum absolute atomic E-state index is 5.19. The Balaban J connectivity index is 1.93. The first kappa shape index (κ1) is 8.90. The zero-order valence-corrected chi connectivity index (χ0v) is 8.27. The fourth-order valence-corrected chi connectivity index (χ4v) is 1.78. The van der Waals surface area contributed by atoms with E-state index in [1.165, 1.54) is 19.3 Å². The molecule has 1 aromatic heterocycles. The molecule has 1 saturated heterocycles. The maximum atomic E-state index is 5.19. The smallest absolute Gasteiger partial charge is 0.284 e. The molecule has 0 saturated carbocycles. The molecule has 0 radical (unpaired) electrons. The van der Waals surface area contributed by atoms with Crippen LogP contribution in [0.1, 0.15) is 25.2 Å². The third-order valence-electron chi connectivity index (χ3n) is 2.29. The molecule has 0 bridgehead atoms. The Morgan fingerprint density at radius 2 is 2.15 bits per heavy atom. The van der Waals surface area contributed by atoms with E-state index in [2.05, 4.69) is 15.1 Å². The molecule has 5 heteroatoms. The lowest BCUT2D eigenvalue weighted by Crippen LogP contribution is -2.29. The molecule has 2 rings (SSSR count). The number of piperidine rings is 1. The van der Waals surface area contributed by atoms with Crippen molar-refractivity contribution < 1.29 is 4.42 Å². The van der Waals surface area contributed by atoms with Gasteiger partial charge in [-0.2, -0.15) is 0 Å². The molecule has 1 aromatic rings. The van der Waals surface area contributed by atoms with Gasteiger partial charge in [-0.25, -0.2) is 5.10 Å². The molecule has 0 amide bonds. The van der Waals surface area contributed by atoms with Crippen LogP contribution >= 0.6 is 12.2 Å². The number of aromatic amines is 1. The molecule has 13 heavy (non-hydrogen) atoms. The summed E-state index contributed by atoms with van der Waals surface area (Å²) in [5, 5.41) is 6.60. The predicted molar refractivity (Wildman–Crippen MR) is 50.8 cm³/mol. The number of hydrogen-bond donors (Lipinski definition) is 1. The standard InChI is InChI=1S/C8H13N3OS/c13-8-10-9-7(12-8)6-11-4-2-1-3-5-11/h1-6H2,(H,10,13). The summed E-state index contributed by atoms with van der Waals surface area (Å²) in [5.74, 6) is 0.701. The average Bonchev–Trinajstić information content (AvgIpc) is 2.53. The molecule has 0 unspecified atom stereocenters. The third-order valence-corrected chi connectivity index (χ3v) is 2.46. The van der Waals surface area contributed by atoms with Crippen LogP contribution in [0.4, 0.5) is 0 Å². The van der Waals surface area contributed by atoms with Crippen molar-refractivity contribution in [2.24, 2.45) is 0 Å². The molecule has 2 heterocycles. The fraction of sp³-hybridized carbons (Fsp3) is 0.750. The van der Waals surface area contributed by atoms with Crippen molar-refractivity contribution in [3.05, 3.63) is 10.7 Å². The van der Waals surface area contributed by atoms with Gasteiger partial charge in [0.15, 0.2) is 0 Å². The first-order valence-electron chi connectivity index (χ1n) is 4.61. The molecule has 0 spiro atoms. The second-order valence-electron chi connectivity index (χ2n) is 3.34. The molecule has 0 aromatic carbocycles. The van der Waals surface area contributed by atoms with Crippen LogP contribution < -0.4 is 0 Å². The van der Waals surface area contributed by atoms with Crippen molar-refractivity contribution >= 4 is 12.2 Å². The molecular weight excluding hydrogens is 186 g/mol. The van der Waals surface area contributed by atoms with Gasteiger partial charge < -0.3 is 4.42 Å². The van der Waals surface area contributed by atoms with Crippen LogP contribution in [0, 0.1) is 4.84 Å². The summed E-state index contributed by atoms with van der Waals surface area (Å²) in [5.41, 5.74) is 0. The van der Waals surface area contributed by atoms with Crippen molar-refractivity contribution in [1.82, 2.24) is 15.1 Å². The topological polar surface area (TPSA) is 45.1 Å². The molecule has 1 aliphatic rings. The number of H-pyrrole nitrogens is 1. The number of likely N-dealkylation sites (tertiary alicyclic amines) is 1. The first-order chi connectivity index (χ1) is 6.34. The molecule has 72 valence electrons. The summed E-state index contributed by atoms with van der Waals surface area (Å²) in [7, 11) is 0. The van der Waals surface area contributed by atoms with Crippen LogP contribution in [-0.2, 0) is 6.54 Å². The molecule has 1 aliphatic heterocycles. The molecule has 1 fully saturated rings. The van der Waals surface area contributed by atoms with Crippen LogP contribution in [0.2, 0.25) is 0 Å². The highest BCUT2D eigenvalue weighted by Gasteiger charge is 2.12. The zero-order chi connectivity index (χ0) is 9.10. The Kier molecular flexibility index (Phi) is 2.75. The van der Waals surface area contributed by atoms with Crippen molar-refractivity contribution in [2.75, 3.05) is 13.1 Å². The van der Waals surface area contributed by atoms with Crippen LogP contribution in [0.25, 0.3) is 0 Å². The van der Waals surface area contributed by atoms with Gasteiger partial charge in [0.05, 0.1) is 6.54 Å². The van der Waals surface area contributed by atoms with Gasteiger partial charge in [-0.3, -0.25) is 4.90 Å². The van der Waals surface area contributed by atoms with Crippen LogP contribution in [-0.4, -0.2) is 28.2 Å². The van der Waals surface area contributed by atoms with E-state index in [0.29, 0.717) is 10.7 Å². The van der Waals surface area contributed by atoms with E-state index in [4.69, 9.17) is 16.6 Å². The highest BCUT2D eigenvalue weighted by molar-refractivity contribution is 7.71. The monoisotopic (exact) mass is 199 g/mol. The number of nitrogens with one attached hydrogen (secondary N) is 1. The molecule has 1 N–H and O–H groups in total. The lowest BCUT2D eigenvalue weighted by atomic mass is 10.1. The van der Waals surface area contributed by atoms with E-state index in [9.17, 15) is 0 Å². The zero-order valence-electron chi connectivity index (χ0n) is 7.45. The average molecular weight is 199 g/mol. The molecule has 0 aliphatic carbocycles. The first-order valence-corrected chi connectivity index (χ1v) is 5.02. The lowest BCUT2D eigenvalue weighted by Gasteiger charge is -2.24. The van der Waals surface area contributed by atoms with Gasteiger partial charge in [0.25, 0.3) is 4.84 Å². The van der Waals surface area contributed by atoms with Crippen LogP contribution in [0.5, 0.6) is 0 Å². The SMILES string of the molecule is S=c1[nH]nc(CN2CCCCC2)o1. The van der Waals surface area contributed by atoms with Crippen molar-refractivity contribution in [3.8, 4) is 0 Å².